The predicted molar refractivity (Wildman–Crippen MR) is 79.1 cm³/mol. The van der Waals surface area contributed by atoms with Crippen molar-refractivity contribution < 1.29 is 4.79 Å². The summed E-state index contributed by atoms with van der Waals surface area (Å²) in [6, 6.07) is 2.04. The Morgan fingerprint density at radius 3 is 2.79 bits per heavy atom. The molecule has 1 N–H and O–H groups in total. The minimum atomic E-state index is -0.0391. The molecule has 4 nitrogen and oxygen atoms in total. The fourth-order valence-corrected chi connectivity index (χ4v) is 2.63. The minimum Gasteiger partial charge on any atom is -0.382 e. The van der Waals surface area contributed by atoms with Gasteiger partial charge in [0.05, 0.1) is 5.56 Å². The molecule has 2 aromatic heterocycles. The van der Waals surface area contributed by atoms with Gasteiger partial charge in [-0.25, -0.2) is 9.97 Å². The second-order valence-corrected chi connectivity index (χ2v) is 5.69. The van der Waals surface area contributed by atoms with E-state index in [1.165, 1.54) is 18.3 Å². The van der Waals surface area contributed by atoms with Gasteiger partial charge in [-0.05, 0) is 19.9 Å². The molecule has 6 heteroatoms. The van der Waals surface area contributed by atoms with Crippen LogP contribution in [0.5, 0.6) is 0 Å². The molecule has 0 bridgehead atoms. The summed E-state index contributed by atoms with van der Waals surface area (Å²) in [4.78, 5) is 19.7. The average molecular weight is 296 g/mol. The Balaban J connectivity index is 2.45. The van der Waals surface area contributed by atoms with Crippen LogP contribution < -0.4 is 5.32 Å². The molecule has 2 rings (SSSR count). The minimum absolute atomic E-state index is 0.0391. The van der Waals surface area contributed by atoms with Crippen molar-refractivity contribution in [3.63, 3.8) is 0 Å². The molecule has 0 aliphatic heterocycles. The number of aromatic nitrogens is 2. The summed E-state index contributed by atoms with van der Waals surface area (Å²) in [5, 5.41) is 6.25. The number of Topliss-reactive ketones (excluding diaryl/α,β-unsaturated/α-hetero) is 1. The van der Waals surface area contributed by atoms with Crippen molar-refractivity contribution in [2.45, 2.75) is 26.8 Å². The molecule has 0 saturated heterocycles. The molecule has 0 spiro atoms. The van der Waals surface area contributed by atoms with Crippen molar-refractivity contribution in [1.82, 2.24) is 9.97 Å². The molecule has 0 fully saturated rings. The maximum atomic E-state index is 11.3. The highest BCUT2D eigenvalue weighted by Gasteiger charge is 2.13. The number of hydrogen-bond donors (Lipinski definition) is 1. The highest BCUT2D eigenvalue weighted by atomic mass is 35.5. The van der Waals surface area contributed by atoms with Crippen molar-refractivity contribution in [3.05, 3.63) is 28.5 Å². The molecule has 0 saturated carbocycles. The number of carbonyl (C=O) groups is 1. The highest BCUT2D eigenvalue weighted by Crippen LogP contribution is 2.32. The Morgan fingerprint density at radius 2 is 2.21 bits per heavy atom. The van der Waals surface area contributed by atoms with Gasteiger partial charge in [0.25, 0.3) is 0 Å². The van der Waals surface area contributed by atoms with Crippen LogP contribution in [0.3, 0.4) is 0 Å². The van der Waals surface area contributed by atoms with Crippen LogP contribution in [0.1, 0.15) is 31.3 Å². The molecule has 0 unspecified atom stereocenters. The van der Waals surface area contributed by atoms with Gasteiger partial charge in [0.15, 0.2) is 5.78 Å². The second-order valence-electron chi connectivity index (χ2n) is 4.45. The first-order valence-corrected chi connectivity index (χ1v) is 7.12. The summed E-state index contributed by atoms with van der Waals surface area (Å²) >= 11 is 7.34. The summed E-state index contributed by atoms with van der Waals surface area (Å²) in [5.74, 6) is -0.0391. The predicted octanol–water partition coefficient (Wildman–Crippen LogP) is 3.88. The molecule has 0 radical (unpaired) electrons. The molecule has 19 heavy (non-hydrogen) atoms. The zero-order valence-corrected chi connectivity index (χ0v) is 12.5. The van der Waals surface area contributed by atoms with E-state index in [9.17, 15) is 4.79 Å². The van der Waals surface area contributed by atoms with Crippen molar-refractivity contribution in [3.8, 4) is 10.6 Å². The van der Waals surface area contributed by atoms with Crippen LogP contribution in [0.15, 0.2) is 17.6 Å². The molecule has 2 aromatic rings. The largest absolute Gasteiger partial charge is 0.382 e. The molecule has 0 atom stereocenters. The van der Waals surface area contributed by atoms with Gasteiger partial charge in [-0.1, -0.05) is 11.6 Å². The molecule has 0 aliphatic rings. The van der Waals surface area contributed by atoms with Crippen LogP contribution in [0, 0.1) is 0 Å². The van der Waals surface area contributed by atoms with Crippen molar-refractivity contribution in [2.75, 3.05) is 5.32 Å². The monoisotopic (exact) mass is 295 g/mol. The number of pyridine rings is 1. The molecule has 100 valence electrons. The smallest absolute Gasteiger partial charge is 0.178 e. The van der Waals surface area contributed by atoms with Crippen molar-refractivity contribution >= 4 is 34.4 Å². The molecule has 0 amide bonds. The van der Waals surface area contributed by atoms with E-state index in [4.69, 9.17) is 11.6 Å². The van der Waals surface area contributed by atoms with Crippen molar-refractivity contribution in [2.24, 2.45) is 0 Å². The first-order valence-electron chi connectivity index (χ1n) is 5.86. The Hall–Kier alpha value is -1.46. The lowest BCUT2D eigenvalue weighted by Crippen LogP contribution is -2.10. The number of halogens is 1. The zero-order valence-electron chi connectivity index (χ0n) is 10.9. The number of ketones is 1. The third kappa shape index (κ3) is 3.30. The lowest BCUT2D eigenvalue weighted by atomic mass is 10.2. The third-order valence-corrected chi connectivity index (χ3v) is 3.49. The number of nitrogens with one attached hydrogen (secondary N) is 1. The summed E-state index contributed by atoms with van der Waals surface area (Å²) in [6.07, 6.45) is 1.68. The van der Waals surface area contributed by atoms with E-state index in [1.807, 2.05) is 13.8 Å². The van der Waals surface area contributed by atoms with E-state index in [0.717, 1.165) is 16.3 Å². The lowest BCUT2D eigenvalue weighted by Gasteiger charge is -2.13. The lowest BCUT2D eigenvalue weighted by molar-refractivity contribution is 0.101. The Bertz CT molecular complexity index is 610. The maximum absolute atomic E-state index is 11.3. The van der Waals surface area contributed by atoms with E-state index in [0.29, 0.717) is 10.8 Å². The molecular weight excluding hydrogens is 282 g/mol. The van der Waals surface area contributed by atoms with E-state index in [1.54, 1.807) is 17.6 Å². The number of anilines is 1. The number of rotatable bonds is 4. The van der Waals surface area contributed by atoms with E-state index >= 15 is 0 Å². The number of thiazole rings is 1. The summed E-state index contributed by atoms with van der Waals surface area (Å²) < 4.78 is 0. The maximum Gasteiger partial charge on any atom is 0.178 e. The Labute approximate surface area is 120 Å². The average Bonchev–Trinajstić information content (AvgIpc) is 2.77. The van der Waals surface area contributed by atoms with Gasteiger partial charge in [-0.3, -0.25) is 4.79 Å². The number of carbonyl (C=O) groups excluding carboxylic acids is 1. The summed E-state index contributed by atoms with van der Waals surface area (Å²) in [5.41, 5.74) is 2.21. The van der Waals surface area contributed by atoms with Gasteiger partial charge in [-0.15, -0.1) is 11.3 Å². The molecule has 0 aliphatic carbocycles. The zero-order chi connectivity index (χ0) is 14.0. The molecule has 0 aromatic carbocycles. The topological polar surface area (TPSA) is 54.9 Å². The van der Waals surface area contributed by atoms with E-state index in [-0.39, 0.29) is 11.8 Å². The first kappa shape index (κ1) is 14.0. The van der Waals surface area contributed by atoms with Gasteiger partial charge in [0.1, 0.15) is 15.9 Å². The number of hydrogen-bond acceptors (Lipinski definition) is 5. The van der Waals surface area contributed by atoms with Crippen LogP contribution in [0.4, 0.5) is 5.69 Å². The fraction of sp³-hybridized carbons (Fsp3) is 0.308. The van der Waals surface area contributed by atoms with Gasteiger partial charge in [0, 0.05) is 30.2 Å². The van der Waals surface area contributed by atoms with Crippen molar-refractivity contribution in [1.29, 1.82) is 0 Å². The molecule has 2 heterocycles. The van der Waals surface area contributed by atoms with Crippen LogP contribution in [0.25, 0.3) is 10.6 Å². The summed E-state index contributed by atoms with van der Waals surface area (Å²) in [7, 11) is 0. The van der Waals surface area contributed by atoms with Gasteiger partial charge >= 0.3 is 0 Å². The fourth-order valence-electron chi connectivity index (χ4n) is 1.59. The first-order chi connectivity index (χ1) is 8.97. The quantitative estimate of drug-likeness (QED) is 0.687. The van der Waals surface area contributed by atoms with E-state index < -0.39 is 0 Å². The Kier molecular flexibility index (Phi) is 4.17. The standard InChI is InChI=1S/C13H14ClN3OS/c1-7(2)16-10-4-12(14)15-5-9(10)13-17-11(6-19-13)8(3)18/h4-7H,1-3H3,(H,15,16). The normalized spacial score (nSPS) is 10.8. The van der Waals surface area contributed by atoms with E-state index in [2.05, 4.69) is 15.3 Å². The van der Waals surface area contributed by atoms with Crippen LogP contribution in [-0.2, 0) is 0 Å². The number of nitrogens with zero attached hydrogens (tertiary/aromatic N) is 2. The van der Waals surface area contributed by atoms with Gasteiger partial charge < -0.3 is 5.32 Å². The third-order valence-electron chi connectivity index (χ3n) is 2.41. The van der Waals surface area contributed by atoms with Gasteiger partial charge in [0.2, 0.25) is 0 Å². The van der Waals surface area contributed by atoms with Crippen LogP contribution in [-0.4, -0.2) is 21.8 Å². The SMILES string of the molecule is CC(=O)c1csc(-c2cnc(Cl)cc2NC(C)C)n1. The van der Waals surface area contributed by atoms with Gasteiger partial charge in [-0.2, -0.15) is 0 Å². The Morgan fingerprint density at radius 1 is 1.47 bits per heavy atom. The van der Waals surface area contributed by atoms with Crippen LogP contribution >= 0.6 is 22.9 Å². The van der Waals surface area contributed by atoms with Crippen LogP contribution in [0.2, 0.25) is 5.15 Å². The highest BCUT2D eigenvalue weighted by molar-refractivity contribution is 7.13. The summed E-state index contributed by atoms with van der Waals surface area (Å²) in [6.45, 7) is 5.59. The molecular formula is C13H14ClN3OS. The second kappa shape index (κ2) is 5.67.